The Balaban J connectivity index is 2.63. The number of hydrogen-bond donors (Lipinski definition) is 0. The van der Waals surface area contributed by atoms with Crippen LogP contribution in [0.1, 0.15) is 18.4 Å². The van der Waals surface area contributed by atoms with Gasteiger partial charge in [-0.25, -0.2) is 0 Å². The number of fused-ring (bicyclic) bond motifs is 1. The summed E-state index contributed by atoms with van der Waals surface area (Å²) in [5.74, 6) is 0.770. The summed E-state index contributed by atoms with van der Waals surface area (Å²) < 4.78 is 5.31. The van der Waals surface area contributed by atoms with Gasteiger partial charge in [0.1, 0.15) is 12.0 Å². The van der Waals surface area contributed by atoms with E-state index in [0.717, 1.165) is 28.4 Å². The van der Waals surface area contributed by atoms with E-state index in [4.69, 9.17) is 4.74 Å². The highest BCUT2D eigenvalue weighted by Gasteiger charge is 2.06. The molecule has 2 heteroatoms. The van der Waals surface area contributed by atoms with Crippen LogP contribution in [0, 0.1) is 0 Å². The number of ether oxygens (including phenoxy) is 1. The Morgan fingerprint density at radius 2 is 2.06 bits per heavy atom. The maximum atomic E-state index is 10.8. The number of methoxy groups -OCH3 is 1. The smallest absolute Gasteiger partial charge is 0.127 e. The van der Waals surface area contributed by atoms with Gasteiger partial charge in [-0.1, -0.05) is 31.2 Å². The summed E-state index contributed by atoms with van der Waals surface area (Å²) in [6.45, 7) is 1.89. The highest BCUT2D eigenvalue weighted by atomic mass is 16.5. The van der Waals surface area contributed by atoms with Crippen molar-refractivity contribution in [2.24, 2.45) is 0 Å². The molecule has 0 bridgehead atoms. The summed E-state index contributed by atoms with van der Waals surface area (Å²) >= 11 is 0. The molecule has 0 radical (unpaired) electrons. The van der Waals surface area contributed by atoms with Crippen molar-refractivity contribution in [1.29, 1.82) is 0 Å². The molecule has 0 aliphatic rings. The lowest BCUT2D eigenvalue weighted by atomic mass is 9.98. The molecule has 16 heavy (non-hydrogen) atoms. The van der Waals surface area contributed by atoms with E-state index in [-0.39, 0.29) is 5.92 Å². The molecule has 0 amide bonds. The first-order valence-corrected chi connectivity index (χ1v) is 5.28. The molecule has 2 rings (SSSR count). The first-order valence-electron chi connectivity index (χ1n) is 5.28. The van der Waals surface area contributed by atoms with Crippen molar-refractivity contribution in [3.8, 4) is 5.75 Å². The second kappa shape index (κ2) is 4.35. The zero-order chi connectivity index (χ0) is 11.5. The van der Waals surface area contributed by atoms with Crippen LogP contribution in [0.25, 0.3) is 10.8 Å². The molecule has 1 unspecified atom stereocenters. The molecule has 0 aromatic heterocycles. The molecule has 0 saturated heterocycles. The minimum atomic E-state index is -0.0747. The Hall–Kier alpha value is -1.83. The van der Waals surface area contributed by atoms with Crippen LogP contribution in [0.15, 0.2) is 36.4 Å². The van der Waals surface area contributed by atoms with E-state index in [1.54, 1.807) is 7.11 Å². The van der Waals surface area contributed by atoms with Gasteiger partial charge in [0.15, 0.2) is 0 Å². The average molecular weight is 214 g/mol. The Kier molecular flexibility index (Phi) is 2.91. The van der Waals surface area contributed by atoms with E-state index in [1.807, 2.05) is 43.3 Å². The lowest BCUT2D eigenvalue weighted by Gasteiger charge is -2.09. The monoisotopic (exact) mass is 214 g/mol. The zero-order valence-corrected chi connectivity index (χ0v) is 9.44. The highest BCUT2D eigenvalue weighted by Crippen LogP contribution is 2.28. The highest BCUT2D eigenvalue weighted by molar-refractivity contribution is 5.89. The largest absolute Gasteiger partial charge is 0.496 e. The number of benzene rings is 2. The van der Waals surface area contributed by atoms with Crippen molar-refractivity contribution in [3.63, 3.8) is 0 Å². The van der Waals surface area contributed by atoms with Crippen molar-refractivity contribution < 1.29 is 9.53 Å². The van der Waals surface area contributed by atoms with Crippen molar-refractivity contribution in [1.82, 2.24) is 0 Å². The van der Waals surface area contributed by atoms with E-state index in [0.29, 0.717) is 0 Å². The normalized spacial score (nSPS) is 12.4. The van der Waals surface area contributed by atoms with E-state index in [9.17, 15) is 4.79 Å². The molecular formula is C14H14O2. The van der Waals surface area contributed by atoms with Gasteiger partial charge >= 0.3 is 0 Å². The molecule has 0 saturated carbocycles. The molecule has 1 atom stereocenters. The third-order valence-corrected chi connectivity index (χ3v) is 2.82. The second-order valence-corrected chi connectivity index (χ2v) is 3.87. The SMILES string of the molecule is COc1cccc2ccc(C(C)C=O)cc12. The lowest BCUT2D eigenvalue weighted by Crippen LogP contribution is -1.94. The van der Waals surface area contributed by atoms with Crippen LogP contribution in [0.5, 0.6) is 5.75 Å². The fourth-order valence-corrected chi connectivity index (χ4v) is 1.80. The van der Waals surface area contributed by atoms with Crippen molar-refractivity contribution in [2.75, 3.05) is 7.11 Å². The predicted octanol–water partition coefficient (Wildman–Crippen LogP) is 3.15. The third kappa shape index (κ3) is 1.78. The molecule has 0 N–H and O–H groups in total. The van der Waals surface area contributed by atoms with E-state index in [2.05, 4.69) is 0 Å². The van der Waals surface area contributed by atoms with Gasteiger partial charge in [-0.3, -0.25) is 0 Å². The topological polar surface area (TPSA) is 26.3 Å². The van der Waals surface area contributed by atoms with Crippen LogP contribution in [0.2, 0.25) is 0 Å². The predicted molar refractivity (Wildman–Crippen MR) is 65.0 cm³/mol. The molecule has 0 aliphatic carbocycles. The summed E-state index contributed by atoms with van der Waals surface area (Å²) in [4.78, 5) is 10.8. The molecule has 0 spiro atoms. The number of rotatable bonds is 3. The number of carbonyl (C=O) groups is 1. The minimum Gasteiger partial charge on any atom is -0.496 e. The van der Waals surface area contributed by atoms with Crippen LogP contribution < -0.4 is 4.74 Å². The van der Waals surface area contributed by atoms with E-state index < -0.39 is 0 Å². The summed E-state index contributed by atoms with van der Waals surface area (Å²) in [6, 6.07) is 12.0. The molecule has 82 valence electrons. The van der Waals surface area contributed by atoms with Crippen molar-refractivity contribution in [3.05, 3.63) is 42.0 Å². The Labute approximate surface area is 94.8 Å². The Bertz CT molecular complexity index is 517. The summed E-state index contributed by atoms with van der Waals surface area (Å²) in [5.41, 5.74) is 1.02. The standard InChI is InChI=1S/C14H14O2/c1-10(9-15)12-7-6-11-4-3-5-14(16-2)13(11)8-12/h3-10H,1-2H3. The maximum absolute atomic E-state index is 10.8. The van der Waals surface area contributed by atoms with Gasteiger partial charge in [0.25, 0.3) is 0 Å². The molecule has 0 aliphatic heterocycles. The van der Waals surface area contributed by atoms with Gasteiger partial charge in [0.2, 0.25) is 0 Å². The molecular weight excluding hydrogens is 200 g/mol. The van der Waals surface area contributed by atoms with Crippen LogP contribution in [0.4, 0.5) is 0 Å². The minimum absolute atomic E-state index is 0.0747. The van der Waals surface area contributed by atoms with Crippen LogP contribution in [0.3, 0.4) is 0 Å². The number of aldehydes is 1. The second-order valence-electron chi connectivity index (χ2n) is 3.87. The first-order chi connectivity index (χ1) is 7.76. The fraction of sp³-hybridized carbons (Fsp3) is 0.214. The lowest BCUT2D eigenvalue weighted by molar-refractivity contribution is -0.108. The molecule has 0 fully saturated rings. The summed E-state index contributed by atoms with van der Waals surface area (Å²) in [6.07, 6.45) is 0.955. The summed E-state index contributed by atoms with van der Waals surface area (Å²) in [5, 5.41) is 2.18. The van der Waals surface area contributed by atoms with Gasteiger partial charge in [-0.05, 0) is 23.1 Å². The molecule has 2 nitrogen and oxygen atoms in total. The van der Waals surface area contributed by atoms with Crippen LogP contribution in [-0.2, 0) is 4.79 Å². The van der Waals surface area contributed by atoms with Crippen molar-refractivity contribution in [2.45, 2.75) is 12.8 Å². The number of hydrogen-bond acceptors (Lipinski definition) is 2. The molecule has 0 heterocycles. The quantitative estimate of drug-likeness (QED) is 0.734. The summed E-state index contributed by atoms with van der Waals surface area (Å²) in [7, 11) is 1.66. The van der Waals surface area contributed by atoms with Crippen molar-refractivity contribution >= 4 is 17.1 Å². The van der Waals surface area contributed by atoms with E-state index in [1.165, 1.54) is 0 Å². The Morgan fingerprint density at radius 3 is 2.75 bits per heavy atom. The molecule has 2 aromatic carbocycles. The number of carbonyl (C=O) groups excluding carboxylic acids is 1. The maximum Gasteiger partial charge on any atom is 0.127 e. The van der Waals surface area contributed by atoms with Gasteiger partial charge in [0, 0.05) is 11.3 Å². The average Bonchev–Trinajstić information content (AvgIpc) is 2.36. The van der Waals surface area contributed by atoms with E-state index >= 15 is 0 Å². The van der Waals surface area contributed by atoms with Gasteiger partial charge < -0.3 is 9.53 Å². The van der Waals surface area contributed by atoms with Crippen LogP contribution >= 0.6 is 0 Å². The first kappa shape index (κ1) is 10.7. The third-order valence-electron chi connectivity index (χ3n) is 2.82. The zero-order valence-electron chi connectivity index (χ0n) is 9.44. The molecule has 2 aromatic rings. The van der Waals surface area contributed by atoms with Gasteiger partial charge in [-0.15, -0.1) is 0 Å². The van der Waals surface area contributed by atoms with Gasteiger partial charge in [0.05, 0.1) is 7.11 Å². The Morgan fingerprint density at radius 1 is 1.25 bits per heavy atom. The fourth-order valence-electron chi connectivity index (χ4n) is 1.80. The van der Waals surface area contributed by atoms with Crippen LogP contribution in [-0.4, -0.2) is 13.4 Å². The van der Waals surface area contributed by atoms with Gasteiger partial charge in [-0.2, -0.15) is 0 Å².